The van der Waals surface area contributed by atoms with Crippen LogP contribution in [0.15, 0.2) is 72.8 Å². The number of carbonyl (C=O) groups is 2. The molecule has 0 fully saturated rings. The van der Waals surface area contributed by atoms with Gasteiger partial charge in [-0.3, -0.25) is 25.0 Å². The molecule has 0 atom stereocenters. The SMILES string of the molecule is C=O.O=CC=Cc1ccccc1[N+](=O)[O-].O=[N+]([O-])c1cccc2ccccc12. The maximum absolute atomic E-state index is 10.6. The lowest BCUT2D eigenvalue weighted by Gasteiger charge is -1.97. The van der Waals surface area contributed by atoms with E-state index < -0.39 is 4.92 Å². The predicted molar refractivity (Wildman–Crippen MR) is 106 cm³/mol. The van der Waals surface area contributed by atoms with Gasteiger partial charge in [-0.1, -0.05) is 42.5 Å². The average molecular weight is 380 g/mol. The first-order valence-electron chi connectivity index (χ1n) is 7.81. The topological polar surface area (TPSA) is 120 Å². The van der Waals surface area contributed by atoms with E-state index in [9.17, 15) is 25.0 Å². The van der Waals surface area contributed by atoms with Gasteiger partial charge >= 0.3 is 0 Å². The molecule has 3 rings (SSSR count). The molecule has 0 aliphatic carbocycles. The van der Waals surface area contributed by atoms with Crippen LogP contribution in [0.2, 0.25) is 0 Å². The van der Waals surface area contributed by atoms with E-state index in [-0.39, 0.29) is 16.3 Å². The van der Waals surface area contributed by atoms with Crippen LogP contribution in [0.4, 0.5) is 11.4 Å². The summed E-state index contributed by atoms with van der Waals surface area (Å²) in [5.74, 6) is 0. The van der Waals surface area contributed by atoms with Gasteiger partial charge in [-0.15, -0.1) is 0 Å². The standard InChI is InChI=1S/C10H7NO2.C9H7NO3.CH2O/c12-11(13)10-7-3-5-8-4-1-2-6-9(8)10;11-7-3-5-8-4-1-2-6-9(8)10(12)13;1-2/h2*1-7H;1H2. The molecule has 0 spiro atoms. The first-order valence-corrected chi connectivity index (χ1v) is 7.81. The Morgan fingerprint density at radius 3 is 1.93 bits per heavy atom. The lowest BCUT2D eigenvalue weighted by molar-refractivity contribution is -0.385. The molecule has 0 amide bonds. The number of hydrogen-bond acceptors (Lipinski definition) is 6. The molecule has 0 N–H and O–H groups in total. The first kappa shape index (κ1) is 21.8. The number of non-ortho nitro benzene ring substituents is 1. The van der Waals surface area contributed by atoms with E-state index in [0.717, 1.165) is 5.39 Å². The molecule has 0 unspecified atom stereocenters. The summed E-state index contributed by atoms with van der Waals surface area (Å²) in [6, 6.07) is 18.6. The molecule has 8 nitrogen and oxygen atoms in total. The number of aldehydes is 1. The number of nitro groups is 2. The molecule has 0 aliphatic heterocycles. The van der Waals surface area contributed by atoms with Crippen LogP contribution in [-0.4, -0.2) is 22.9 Å². The molecular weight excluding hydrogens is 364 g/mol. The number of para-hydroxylation sites is 1. The van der Waals surface area contributed by atoms with Gasteiger partial charge in [0.15, 0.2) is 0 Å². The Hall–Kier alpha value is -4.20. The Balaban J connectivity index is 0.000000257. The zero-order valence-corrected chi connectivity index (χ0v) is 14.6. The van der Waals surface area contributed by atoms with Gasteiger partial charge in [0.25, 0.3) is 11.4 Å². The molecule has 0 bridgehead atoms. The van der Waals surface area contributed by atoms with E-state index in [4.69, 9.17) is 4.79 Å². The van der Waals surface area contributed by atoms with Gasteiger partial charge in [-0.2, -0.15) is 0 Å². The smallest absolute Gasteiger partial charge is 0.277 e. The van der Waals surface area contributed by atoms with Crippen LogP contribution < -0.4 is 0 Å². The number of allylic oxidation sites excluding steroid dienone is 1. The molecule has 142 valence electrons. The Labute approximate surface area is 160 Å². The minimum atomic E-state index is -0.482. The minimum absolute atomic E-state index is 0.000556. The van der Waals surface area contributed by atoms with Crippen molar-refractivity contribution < 1.29 is 19.4 Å². The second-order valence-corrected chi connectivity index (χ2v) is 5.07. The second kappa shape index (κ2) is 11.4. The fraction of sp³-hybridized carbons (Fsp3) is 0. The van der Waals surface area contributed by atoms with Crippen LogP contribution in [0.3, 0.4) is 0 Å². The fourth-order valence-electron chi connectivity index (χ4n) is 2.31. The molecule has 0 aliphatic rings. The minimum Gasteiger partial charge on any atom is -0.307 e. The van der Waals surface area contributed by atoms with Crippen molar-refractivity contribution in [2.45, 2.75) is 0 Å². The molecule has 28 heavy (non-hydrogen) atoms. The number of rotatable bonds is 4. The third-order valence-electron chi connectivity index (χ3n) is 3.45. The normalized spacial score (nSPS) is 9.57. The van der Waals surface area contributed by atoms with E-state index in [1.54, 1.807) is 36.4 Å². The summed E-state index contributed by atoms with van der Waals surface area (Å²) >= 11 is 0. The first-order chi connectivity index (χ1) is 13.5. The number of carbonyl (C=O) groups excluding carboxylic acids is 2. The quantitative estimate of drug-likeness (QED) is 0.287. The van der Waals surface area contributed by atoms with Crippen molar-refractivity contribution >= 4 is 41.3 Å². The van der Waals surface area contributed by atoms with E-state index >= 15 is 0 Å². The van der Waals surface area contributed by atoms with Crippen molar-refractivity contribution in [2.75, 3.05) is 0 Å². The monoisotopic (exact) mass is 380 g/mol. The third kappa shape index (κ3) is 5.95. The molecule has 3 aromatic carbocycles. The third-order valence-corrected chi connectivity index (χ3v) is 3.45. The Kier molecular flexibility index (Phi) is 8.91. The van der Waals surface area contributed by atoms with Gasteiger partial charge in [-0.25, -0.2) is 0 Å². The van der Waals surface area contributed by atoms with Crippen molar-refractivity contribution in [2.24, 2.45) is 0 Å². The van der Waals surface area contributed by atoms with Crippen molar-refractivity contribution in [1.82, 2.24) is 0 Å². The zero-order chi connectivity index (χ0) is 20.9. The zero-order valence-electron chi connectivity index (χ0n) is 14.6. The van der Waals surface area contributed by atoms with Gasteiger partial charge in [0.05, 0.1) is 20.8 Å². The van der Waals surface area contributed by atoms with E-state index in [1.807, 2.05) is 25.0 Å². The van der Waals surface area contributed by atoms with Crippen LogP contribution in [-0.2, 0) is 9.59 Å². The second-order valence-electron chi connectivity index (χ2n) is 5.07. The highest BCUT2D eigenvalue weighted by Crippen LogP contribution is 2.24. The van der Waals surface area contributed by atoms with E-state index in [0.29, 0.717) is 17.2 Å². The summed E-state index contributed by atoms with van der Waals surface area (Å²) in [6.07, 6.45) is 3.21. The largest absolute Gasteiger partial charge is 0.307 e. The van der Waals surface area contributed by atoms with Crippen LogP contribution in [0, 0.1) is 20.2 Å². The summed E-state index contributed by atoms with van der Waals surface area (Å²) in [5, 5.41) is 22.7. The van der Waals surface area contributed by atoms with Crippen LogP contribution in [0.5, 0.6) is 0 Å². The lowest BCUT2D eigenvalue weighted by Crippen LogP contribution is -1.90. The van der Waals surface area contributed by atoms with Gasteiger partial charge in [0, 0.05) is 12.1 Å². The van der Waals surface area contributed by atoms with E-state index in [2.05, 4.69) is 0 Å². The van der Waals surface area contributed by atoms with Gasteiger partial charge in [-0.05, 0) is 29.7 Å². The summed E-state index contributed by atoms with van der Waals surface area (Å²) in [6.45, 7) is 2.00. The van der Waals surface area contributed by atoms with Crippen LogP contribution >= 0.6 is 0 Å². The number of fused-ring (bicyclic) bond motifs is 1. The maximum atomic E-state index is 10.6. The Bertz CT molecular complexity index is 995. The number of nitro benzene ring substituents is 2. The van der Waals surface area contributed by atoms with Crippen molar-refractivity contribution in [3.63, 3.8) is 0 Å². The summed E-state index contributed by atoms with van der Waals surface area (Å²) in [5.41, 5.74) is 0.596. The number of nitrogens with zero attached hydrogens (tertiary/aromatic N) is 2. The average Bonchev–Trinajstić information content (AvgIpc) is 2.73. The molecule has 3 aromatic rings. The maximum Gasteiger partial charge on any atom is 0.277 e. The molecule has 0 radical (unpaired) electrons. The van der Waals surface area contributed by atoms with Gasteiger partial charge in [0.1, 0.15) is 13.1 Å². The van der Waals surface area contributed by atoms with Gasteiger partial charge in [0.2, 0.25) is 0 Å². The Morgan fingerprint density at radius 1 is 0.750 bits per heavy atom. The number of hydrogen-bond donors (Lipinski definition) is 0. The highest BCUT2D eigenvalue weighted by atomic mass is 16.6. The highest BCUT2D eigenvalue weighted by molar-refractivity contribution is 5.90. The molecule has 0 saturated heterocycles. The fourth-order valence-corrected chi connectivity index (χ4v) is 2.31. The van der Waals surface area contributed by atoms with Crippen molar-refractivity contribution in [1.29, 1.82) is 0 Å². The summed E-state index contributed by atoms with van der Waals surface area (Å²) in [7, 11) is 0. The summed E-state index contributed by atoms with van der Waals surface area (Å²) in [4.78, 5) is 38.3. The van der Waals surface area contributed by atoms with Crippen LogP contribution in [0.1, 0.15) is 5.56 Å². The highest BCUT2D eigenvalue weighted by Gasteiger charge is 2.09. The lowest BCUT2D eigenvalue weighted by atomic mass is 10.1. The van der Waals surface area contributed by atoms with E-state index in [1.165, 1.54) is 24.3 Å². The molecule has 0 saturated carbocycles. The van der Waals surface area contributed by atoms with Crippen molar-refractivity contribution in [3.05, 3.63) is 98.6 Å². The van der Waals surface area contributed by atoms with Crippen molar-refractivity contribution in [3.8, 4) is 0 Å². The molecule has 0 aromatic heterocycles. The van der Waals surface area contributed by atoms with Gasteiger partial charge < -0.3 is 4.79 Å². The predicted octanol–water partition coefficient (Wildman–Crippen LogP) is 4.37. The van der Waals surface area contributed by atoms with Crippen LogP contribution in [0.25, 0.3) is 16.8 Å². The Morgan fingerprint density at radius 2 is 1.29 bits per heavy atom. The summed E-state index contributed by atoms with van der Waals surface area (Å²) < 4.78 is 0. The number of benzene rings is 3. The molecule has 0 heterocycles. The molecule has 8 heteroatoms. The molecular formula is C20H16N2O6.